The summed E-state index contributed by atoms with van der Waals surface area (Å²) in [5, 5.41) is 0. The third-order valence-electron chi connectivity index (χ3n) is 3.48. The fraction of sp³-hybridized carbons (Fsp3) is 0.417. The minimum absolute atomic E-state index is 0.192. The fourth-order valence-electron chi connectivity index (χ4n) is 2.13. The first-order chi connectivity index (χ1) is 6.27. The van der Waals surface area contributed by atoms with Crippen molar-refractivity contribution in [3.63, 3.8) is 0 Å². The number of nitrogens with two attached hydrogens (primary N) is 1. The van der Waals surface area contributed by atoms with E-state index in [4.69, 9.17) is 5.73 Å². The van der Waals surface area contributed by atoms with Gasteiger partial charge in [0.05, 0.1) is 0 Å². The number of hydrogen-bond acceptors (Lipinski definition) is 1. The average Bonchev–Trinajstić information content (AvgIpc) is 2.94. The fourth-order valence-corrected chi connectivity index (χ4v) is 2.13. The zero-order chi connectivity index (χ0) is 9.05. The van der Waals surface area contributed by atoms with Crippen LogP contribution in [-0.2, 0) is 0 Å². The van der Waals surface area contributed by atoms with Crippen molar-refractivity contribution in [1.82, 2.24) is 0 Å². The Balaban J connectivity index is 2.10. The lowest BCUT2D eigenvalue weighted by molar-refractivity contribution is 0.697. The molecule has 2 fully saturated rings. The van der Waals surface area contributed by atoms with Gasteiger partial charge in [-0.3, -0.25) is 0 Å². The largest absolute Gasteiger partial charge is 0.329 e. The molecule has 13 heavy (non-hydrogen) atoms. The average molecular weight is 171 g/mol. The van der Waals surface area contributed by atoms with E-state index in [2.05, 4.69) is 30.9 Å². The number of rotatable bonds is 1. The van der Waals surface area contributed by atoms with Crippen LogP contribution in [0.3, 0.4) is 0 Å². The Kier molecular flexibility index (Phi) is 1.17. The molecule has 0 heterocycles. The van der Waals surface area contributed by atoms with Gasteiger partial charge in [-0.25, -0.2) is 0 Å². The molecule has 1 nitrogen and oxygen atoms in total. The second-order valence-electron chi connectivity index (χ2n) is 4.27. The van der Waals surface area contributed by atoms with Crippen molar-refractivity contribution >= 4 is 0 Å². The van der Waals surface area contributed by atoms with Crippen molar-refractivity contribution < 1.29 is 0 Å². The monoisotopic (exact) mass is 171 g/mol. The molecular weight excluding hydrogens is 158 g/mol. The molecule has 2 N–H and O–H groups in total. The van der Waals surface area contributed by atoms with Crippen LogP contribution >= 0.6 is 0 Å². The molecule has 66 valence electrons. The highest BCUT2D eigenvalue weighted by Gasteiger charge is 2.46. The molecule has 1 heteroatoms. The van der Waals surface area contributed by atoms with Crippen LogP contribution in [0, 0.1) is 11.3 Å². The predicted octanol–water partition coefficient (Wildman–Crippen LogP) is 1.93. The zero-order valence-corrected chi connectivity index (χ0v) is 7.80. The van der Waals surface area contributed by atoms with Crippen molar-refractivity contribution in [2.24, 2.45) is 17.1 Å². The van der Waals surface area contributed by atoms with Crippen LogP contribution in [-0.4, -0.2) is 6.54 Å². The first-order valence-electron chi connectivity index (χ1n) is 4.86. The summed E-state index contributed by atoms with van der Waals surface area (Å²) in [4.78, 5) is 0. The molecule has 0 aromatic carbocycles. The summed E-state index contributed by atoms with van der Waals surface area (Å²) in [7, 11) is 0. The molecule has 0 aromatic rings. The maximum Gasteiger partial charge on any atom is 0.0329 e. The zero-order valence-electron chi connectivity index (χ0n) is 7.80. The van der Waals surface area contributed by atoms with E-state index in [0.717, 1.165) is 13.0 Å². The van der Waals surface area contributed by atoms with Gasteiger partial charge in [-0.05, 0) is 18.1 Å². The summed E-state index contributed by atoms with van der Waals surface area (Å²) >= 11 is 0. The van der Waals surface area contributed by atoms with Crippen molar-refractivity contribution in [3.05, 3.63) is 40.7 Å². The normalized spacial score (nSPS) is 38.9. The van der Waals surface area contributed by atoms with Crippen LogP contribution < -0.4 is 5.73 Å². The first-order valence-corrected chi connectivity index (χ1v) is 4.86. The predicted molar refractivity (Wildman–Crippen MR) is 53.0 cm³/mol. The van der Waals surface area contributed by atoms with Crippen molar-refractivity contribution in [3.8, 4) is 0 Å². The Hall–Kier alpha value is -1.04. The van der Waals surface area contributed by atoms with Crippen LogP contribution in [0.15, 0.2) is 40.7 Å². The van der Waals surface area contributed by atoms with E-state index in [1.54, 1.807) is 0 Å². The molecule has 0 bridgehead atoms. The van der Waals surface area contributed by atoms with Gasteiger partial charge < -0.3 is 5.73 Å². The molecule has 2 saturated carbocycles. The molecule has 0 spiro atoms. The van der Waals surface area contributed by atoms with Gasteiger partial charge in [-0.2, -0.15) is 0 Å². The summed E-state index contributed by atoms with van der Waals surface area (Å²) in [6.07, 6.45) is 7.82. The van der Waals surface area contributed by atoms with E-state index >= 15 is 0 Å². The van der Waals surface area contributed by atoms with Crippen LogP contribution in [0.4, 0.5) is 0 Å². The van der Waals surface area contributed by atoms with E-state index in [-0.39, 0.29) is 5.41 Å². The van der Waals surface area contributed by atoms with Crippen LogP contribution in [0.5, 0.6) is 0 Å². The molecule has 3 rings (SSSR count). The topological polar surface area (TPSA) is 26.0 Å². The van der Waals surface area contributed by atoms with Crippen molar-refractivity contribution in [1.29, 1.82) is 0 Å². The highest BCUT2D eigenvalue weighted by molar-refractivity contribution is 5.59. The molecule has 2 atom stereocenters. The SMILES string of the molecule is CC1C2=C=CC3(CN)CC3=CC=C21. The highest BCUT2D eigenvalue weighted by Crippen LogP contribution is 2.55. The lowest BCUT2D eigenvalue weighted by Gasteiger charge is -2.01. The van der Waals surface area contributed by atoms with Crippen LogP contribution in [0.2, 0.25) is 0 Å². The molecule has 3 aliphatic carbocycles. The number of allylic oxidation sites excluding steroid dienone is 3. The Morgan fingerprint density at radius 2 is 2.46 bits per heavy atom. The molecule has 0 aliphatic heterocycles. The molecule has 0 aromatic heterocycles. The van der Waals surface area contributed by atoms with Gasteiger partial charge in [0.15, 0.2) is 0 Å². The summed E-state index contributed by atoms with van der Waals surface area (Å²) < 4.78 is 0. The van der Waals surface area contributed by atoms with E-state index in [9.17, 15) is 0 Å². The minimum atomic E-state index is 0.192. The Labute approximate surface area is 78.3 Å². The maximum atomic E-state index is 5.75. The standard InChI is InChI=1S/C12H13N/c1-8-10-3-2-9-6-12(9,7-13)5-4-11(8)10/h2-3,5,8H,6-7,13H2,1H3. The molecule has 0 amide bonds. The highest BCUT2D eigenvalue weighted by atomic mass is 14.7. The number of fused-ring (bicyclic) bond motifs is 2. The minimum Gasteiger partial charge on any atom is -0.329 e. The van der Waals surface area contributed by atoms with Gasteiger partial charge in [0.1, 0.15) is 0 Å². The van der Waals surface area contributed by atoms with Crippen LogP contribution in [0.1, 0.15) is 13.3 Å². The van der Waals surface area contributed by atoms with Gasteiger partial charge in [0.2, 0.25) is 0 Å². The van der Waals surface area contributed by atoms with Crippen LogP contribution in [0.25, 0.3) is 0 Å². The quantitative estimate of drug-likeness (QED) is 0.599. The Morgan fingerprint density at radius 3 is 3.23 bits per heavy atom. The molecule has 2 unspecified atom stereocenters. The second-order valence-corrected chi connectivity index (χ2v) is 4.27. The maximum absolute atomic E-state index is 5.75. The Bertz CT molecular complexity index is 405. The first kappa shape index (κ1) is 7.37. The third-order valence-corrected chi connectivity index (χ3v) is 3.48. The van der Waals surface area contributed by atoms with E-state index in [1.807, 2.05) is 0 Å². The van der Waals surface area contributed by atoms with Crippen molar-refractivity contribution in [2.45, 2.75) is 13.3 Å². The van der Waals surface area contributed by atoms with Gasteiger partial charge in [0, 0.05) is 23.5 Å². The third kappa shape index (κ3) is 0.861. The summed E-state index contributed by atoms with van der Waals surface area (Å²) in [6, 6.07) is 0. The van der Waals surface area contributed by atoms with E-state index in [1.165, 1.54) is 16.7 Å². The summed E-state index contributed by atoms with van der Waals surface area (Å²) in [5.74, 6) is 0.639. The van der Waals surface area contributed by atoms with E-state index in [0.29, 0.717) is 5.92 Å². The lowest BCUT2D eigenvalue weighted by atomic mass is 10.1. The number of hydrogen-bond donors (Lipinski definition) is 1. The van der Waals surface area contributed by atoms with Gasteiger partial charge in [0.25, 0.3) is 0 Å². The molecular formula is C12H13N. The molecule has 3 aliphatic rings. The smallest absolute Gasteiger partial charge is 0.0329 e. The molecule has 0 radical (unpaired) electrons. The Morgan fingerprint density at radius 1 is 1.62 bits per heavy atom. The van der Waals surface area contributed by atoms with E-state index < -0.39 is 0 Å². The summed E-state index contributed by atoms with van der Waals surface area (Å²) in [5.41, 5.74) is 13.7. The van der Waals surface area contributed by atoms with Gasteiger partial charge >= 0.3 is 0 Å². The molecule has 0 saturated heterocycles. The van der Waals surface area contributed by atoms with Gasteiger partial charge in [-0.15, -0.1) is 5.73 Å². The van der Waals surface area contributed by atoms with Crippen molar-refractivity contribution in [2.75, 3.05) is 6.54 Å². The van der Waals surface area contributed by atoms with Gasteiger partial charge in [-0.1, -0.05) is 24.6 Å². The lowest BCUT2D eigenvalue weighted by Crippen LogP contribution is -2.12. The summed E-state index contributed by atoms with van der Waals surface area (Å²) in [6.45, 7) is 2.96. The second kappa shape index (κ2) is 2.06.